The zero-order valence-electron chi connectivity index (χ0n) is 20.8. The van der Waals surface area contributed by atoms with Crippen molar-refractivity contribution >= 4 is 39.9 Å². The quantitative estimate of drug-likeness (QED) is 0.337. The van der Waals surface area contributed by atoms with Crippen molar-refractivity contribution in [2.24, 2.45) is 0 Å². The van der Waals surface area contributed by atoms with Gasteiger partial charge in [-0.2, -0.15) is 4.98 Å². The number of hydrogen-bond acceptors (Lipinski definition) is 10. The number of benzene rings is 1. The molecule has 3 aromatic heterocycles. The molecule has 0 spiro atoms. The van der Waals surface area contributed by atoms with Crippen LogP contribution in [0.5, 0.6) is 5.75 Å². The highest BCUT2D eigenvalue weighted by atomic mass is 19.1. The van der Waals surface area contributed by atoms with Gasteiger partial charge >= 0.3 is 0 Å². The van der Waals surface area contributed by atoms with E-state index in [-0.39, 0.29) is 11.2 Å². The highest BCUT2D eigenvalue weighted by Gasteiger charge is 2.30. The van der Waals surface area contributed by atoms with Crippen LogP contribution in [0.25, 0.3) is 10.9 Å². The lowest BCUT2D eigenvalue weighted by atomic mass is 10.2. The van der Waals surface area contributed by atoms with Gasteiger partial charge < -0.3 is 30.0 Å². The van der Waals surface area contributed by atoms with Gasteiger partial charge in [-0.15, -0.1) is 0 Å². The molecule has 0 atom stereocenters. The molecule has 4 aromatic rings. The van der Waals surface area contributed by atoms with Crippen LogP contribution in [0.1, 0.15) is 0 Å². The maximum Gasteiger partial charge on any atom is 0.272 e. The molecule has 0 unspecified atom stereocenters. The van der Waals surface area contributed by atoms with Gasteiger partial charge in [0.1, 0.15) is 17.3 Å². The predicted molar refractivity (Wildman–Crippen MR) is 142 cm³/mol. The number of H-pyrrole nitrogens is 1. The Bertz CT molecular complexity index is 1520. The highest BCUT2D eigenvalue weighted by molar-refractivity contribution is 5.82. The summed E-state index contributed by atoms with van der Waals surface area (Å²) in [6.45, 7) is 5.29. The first-order valence-corrected chi connectivity index (χ1v) is 12.4. The third-order valence-corrected chi connectivity index (χ3v) is 6.81. The number of pyridine rings is 2. The Hall–Kier alpha value is -4.29. The Morgan fingerprint density at radius 1 is 1.11 bits per heavy atom. The third kappa shape index (κ3) is 4.83. The number of aromatic amines is 1. The standard InChI is InChI=1S/C26H27FN8O3/c1-37-21-12-17(13-29-24(21)35-9-7-34(8-10-35)18-14-38-15-18)30-26-28-6-5-22(32-26)31-20-11-16-3-2-4-19(27)23(16)33-25(20)36/h2-6,11-13,18H,7-10,14-15H2,1H3,(H,33,36)(H2,28,30,31,32). The maximum absolute atomic E-state index is 14.0. The number of halogens is 1. The largest absolute Gasteiger partial charge is 0.493 e. The molecular weight excluding hydrogens is 491 g/mol. The zero-order chi connectivity index (χ0) is 26.1. The first-order chi connectivity index (χ1) is 18.6. The minimum Gasteiger partial charge on any atom is -0.493 e. The first-order valence-electron chi connectivity index (χ1n) is 12.4. The lowest BCUT2D eigenvalue weighted by Crippen LogP contribution is -2.56. The fourth-order valence-corrected chi connectivity index (χ4v) is 4.67. The number of piperazine rings is 1. The Labute approximate surface area is 217 Å². The smallest absolute Gasteiger partial charge is 0.272 e. The Morgan fingerprint density at radius 3 is 2.71 bits per heavy atom. The van der Waals surface area contributed by atoms with Crippen molar-refractivity contribution in [2.45, 2.75) is 6.04 Å². The second-order valence-corrected chi connectivity index (χ2v) is 9.20. The van der Waals surface area contributed by atoms with Crippen molar-refractivity contribution in [3.8, 4) is 5.75 Å². The number of rotatable bonds is 7. The molecule has 196 valence electrons. The van der Waals surface area contributed by atoms with Gasteiger partial charge in [-0.25, -0.2) is 14.4 Å². The van der Waals surface area contributed by atoms with E-state index < -0.39 is 11.4 Å². The predicted octanol–water partition coefficient (Wildman–Crippen LogP) is 2.87. The van der Waals surface area contributed by atoms with Gasteiger partial charge in [-0.1, -0.05) is 12.1 Å². The molecular formula is C26H27FN8O3. The summed E-state index contributed by atoms with van der Waals surface area (Å²) in [5, 5.41) is 6.70. The first kappa shape index (κ1) is 24.1. The van der Waals surface area contributed by atoms with E-state index in [1.54, 1.807) is 43.8 Å². The summed E-state index contributed by atoms with van der Waals surface area (Å²) in [6, 6.07) is 10.2. The van der Waals surface area contributed by atoms with E-state index in [1.165, 1.54) is 6.07 Å². The van der Waals surface area contributed by atoms with Gasteiger partial charge in [0.05, 0.1) is 43.8 Å². The summed E-state index contributed by atoms with van der Waals surface area (Å²) in [5.41, 5.74) is 0.604. The van der Waals surface area contributed by atoms with Crippen molar-refractivity contribution in [3.63, 3.8) is 0 Å². The summed E-state index contributed by atoms with van der Waals surface area (Å²) < 4.78 is 25.0. The van der Waals surface area contributed by atoms with Crippen LogP contribution in [0, 0.1) is 5.82 Å². The molecule has 2 aliphatic rings. The lowest BCUT2D eigenvalue weighted by Gasteiger charge is -2.43. The fourth-order valence-electron chi connectivity index (χ4n) is 4.67. The van der Waals surface area contributed by atoms with Crippen molar-refractivity contribution in [1.29, 1.82) is 0 Å². The monoisotopic (exact) mass is 518 g/mol. The molecule has 5 heterocycles. The molecule has 6 rings (SSSR count). The van der Waals surface area contributed by atoms with Gasteiger partial charge in [0.2, 0.25) is 5.95 Å². The van der Waals surface area contributed by atoms with E-state index in [0.717, 1.165) is 45.2 Å². The summed E-state index contributed by atoms with van der Waals surface area (Å²) in [5.74, 6) is 1.67. The molecule has 11 nitrogen and oxygen atoms in total. The molecule has 2 aliphatic heterocycles. The summed E-state index contributed by atoms with van der Waals surface area (Å²) in [4.78, 5) is 33.1. The van der Waals surface area contributed by atoms with Gasteiger partial charge in [0.15, 0.2) is 11.6 Å². The second kappa shape index (κ2) is 10.2. The molecule has 3 N–H and O–H groups in total. The molecule has 2 saturated heterocycles. The van der Waals surface area contributed by atoms with Crippen LogP contribution in [-0.4, -0.2) is 77.4 Å². The Kier molecular flexibility index (Phi) is 6.48. The maximum atomic E-state index is 14.0. The van der Waals surface area contributed by atoms with Crippen LogP contribution in [0.2, 0.25) is 0 Å². The topological polar surface area (TPSA) is 121 Å². The molecule has 1 aromatic carbocycles. The van der Waals surface area contributed by atoms with E-state index in [0.29, 0.717) is 34.6 Å². The minimum absolute atomic E-state index is 0.160. The van der Waals surface area contributed by atoms with Crippen LogP contribution < -0.4 is 25.8 Å². The second-order valence-electron chi connectivity index (χ2n) is 9.20. The fraction of sp³-hybridized carbons (Fsp3) is 0.308. The Balaban J connectivity index is 1.16. The van der Waals surface area contributed by atoms with E-state index in [9.17, 15) is 9.18 Å². The van der Waals surface area contributed by atoms with Crippen LogP contribution in [0.4, 0.5) is 33.3 Å². The molecule has 0 radical (unpaired) electrons. The zero-order valence-corrected chi connectivity index (χ0v) is 20.8. The van der Waals surface area contributed by atoms with E-state index in [1.807, 2.05) is 6.07 Å². The average Bonchev–Trinajstić information content (AvgIpc) is 2.89. The lowest BCUT2D eigenvalue weighted by molar-refractivity contribution is -0.0661. The van der Waals surface area contributed by atoms with Gasteiger partial charge in [-0.3, -0.25) is 9.69 Å². The number of ether oxygens (including phenoxy) is 2. The minimum atomic E-state index is -0.485. The van der Waals surface area contributed by atoms with Crippen LogP contribution in [0.15, 0.2) is 53.6 Å². The number of nitrogens with zero attached hydrogens (tertiary/aromatic N) is 5. The average molecular weight is 519 g/mol. The van der Waals surface area contributed by atoms with E-state index in [4.69, 9.17) is 9.47 Å². The molecule has 38 heavy (non-hydrogen) atoms. The van der Waals surface area contributed by atoms with Crippen LogP contribution in [-0.2, 0) is 4.74 Å². The molecule has 0 bridgehead atoms. The SMILES string of the molecule is COc1cc(Nc2nccc(Nc3cc4cccc(F)c4[nH]c3=O)n2)cnc1N1CCN(C2COC2)CC1. The van der Waals surface area contributed by atoms with Crippen LogP contribution in [0.3, 0.4) is 0 Å². The van der Waals surface area contributed by atoms with E-state index in [2.05, 4.69) is 40.4 Å². The molecule has 12 heteroatoms. The van der Waals surface area contributed by atoms with Gasteiger partial charge in [0.25, 0.3) is 5.56 Å². The summed E-state index contributed by atoms with van der Waals surface area (Å²) in [6.07, 6.45) is 3.29. The normalized spacial score (nSPS) is 16.3. The summed E-state index contributed by atoms with van der Waals surface area (Å²) in [7, 11) is 1.63. The van der Waals surface area contributed by atoms with Crippen molar-refractivity contribution < 1.29 is 13.9 Å². The molecule has 0 aliphatic carbocycles. The number of nitrogens with one attached hydrogen (secondary N) is 3. The van der Waals surface area contributed by atoms with Gasteiger partial charge in [-0.05, 0) is 18.2 Å². The number of hydrogen-bond donors (Lipinski definition) is 3. The van der Waals surface area contributed by atoms with Crippen molar-refractivity contribution in [1.82, 2.24) is 24.8 Å². The third-order valence-electron chi connectivity index (χ3n) is 6.81. The molecule has 0 amide bonds. The highest BCUT2D eigenvalue weighted by Crippen LogP contribution is 2.31. The van der Waals surface area contributed by atoms with E-state index >= 15 is 0 Å². The van der Waals surface area contributed by atoms with Crippen molar-refractivity contribution in [2.75, 3.05) is 62.0 Å². The van der Waals surface area contributed by atoms with Gasteiger partial charge in [0, 0.05) is 43.8 Å². The summed E-state index contributed by atoms with van der Waals surface area (Å²) >= 11 is 0. The molecule has 2 fully saturated rings. The number of para-hydroxylation sites is 1. The van der Waals surface area contributed by atoms with Crippen LogP contribution >= 0.6 is 0 Å². The van der Waals surface area contributed by atoms with Crippen molar-refractivity contribution in [3.05, 3.63) is 65.0 Å². The Morgan fingerprint density at radius 2 is 1.95 bits per heavy atom. The number of aromatic nitrogens is 4. The molecule has 0 saturated carbocycles. The number of fused-ring (bicyclic) bond motifs is 1. The number of methoxy groups -OCH3 is 1. The number of anilines is 5.